The molecule has 0 spiro atoms. The number of aliphatic hydroxyl groups is 1. The van der Waals surface area contributed by atoms with Gasteiger partial charge in [0.15, 0.2) is 0 Å². The van der Waals surface area contributed by atoms with Crippen LogP contribution in [0.15, 0.2) is 66.7 Å². The molecule has 0 aromatic heterocycles. The lowest BCUT2D eigenvalue weighted by Gasteiger charge is -2.38. The van der Waals surface area contributed by atoms with Crippen LogP contribution in [0.3, 0.4) is 0 Å². The number of fused-ring (bicyclic) bond motifs is 1. The van der Waals surface area contributed by atoms with Crippen LogP contribution in [-0.2, 0) is 14.3 Å². The molecule has 4 N–H and O–H groups in total. The van der Waals surface area contributed by atoms with Gasteiger partial charge in [-0.3, -0.25) is 9.59 Å². The monoisotopic (exact) mass is 577 g/mol. The maximum Gasteiger partial charge on any atom is 0.408 e. The van der Waals surface area contributed by atoms with Gasteiger partial charge in [-0.2, -0.15) is 0 Å². The number of ether oxygens (including phenoxy) is 1. The predicted molar refractivity (Wildman–Crippen MR) is 164 cm³/mol. The van der Waals surface area contributed by atoms with Crippen LogP contribution in [-0.4, -0.2) is 57.3 Å². The number of nitrogens with zero attached hydrogens (tertiary/aromatic N) is 1. The molecule has 0 saturated heterocycles. The Kier molecular flexibility index (Phi) is 10.9. The lowest BCUT2D eigenvalue weighted by Crippen LogP contribution is -2.56. The molecule has 3 aromatic rings. The number of benzene rings is 3. The summed E-state index contributed by atoms with van der Waals surface area (Å²) in [6.07, 6.45) is 0.471. The highest BCUT2D eigenvalue weighted by atomic mass is 16.6. The normalized spacial score (nSPS) is 13.7. The number of phenols is 1. The van der Waals surface area contributed by atoms with Crippen molar-refractivity contribution in [3.63, 3.8) is 0 Å². The average Bonchev–Trinajstić information content (AvgIpc) is 2.91. The second-order valence-electron chi connectivity index (χ2n) is 12.0. The van der Waals surface area contributed by atoms with Crippen LogP contribution < -0.4 is 10.6 Å². The Balaban J connectivity index is 2.05. The summed E-state index contributed by atoms with van der Waals surface area (Å²) >= 11 is 0. The van der Waals surface area contributed by atoms with Gasteiger partial charge in [-0.15, -0.1) is 0 Å². The molecule has 9 heteroatoms. The Morgan fingerprint density at radius 2 is 1.60 bits per heavy atom. The second-order valence-corrected chi connectivity index (χ2v) is 12.0. The first-order valence-corrected chi connectivity index (χ1v) is 14.3. The zero-order valence-corrected chi connectivity index (χ0v) is 25.3. The molecule has 3 unspecified atom stereocenters. The van der Waals surface area contributed by atoms with E-state index in [0.29, 0.717) is 23.6 Å². The molecule has 226 valence electrons. The first kappa shape index (κ1) is 32.4. The molecule has 0 bridgehead atoms. The molecular formula is C33H43N3O6. The summed E-state index contributed by atoms with van der Waals surface area (Å²) in [5.41, 5.74) is 0.102. The van der Waals surface area contributed by atoms with Gasteiger partial charge < -0.3 is 30.5 Å². The number of carbonyl (C=O) groups is 3. The van der Waals surface area contributed by atoms with Crippen LogP contribution in [0.1, 0.15) is 66.0 Å². The largest absolute Gasteiger partial charge is 0.508 e. The number of rotatable bonds is 11. The fraction of sp³-hybridized carbons (Fsp3) is 0.424. The van der Waals surface area contributed by atoms with E-state index in [1.807, 2.05) is 43.3 Å². The number of alkyl carbamates (subject to hydrolysis) is 1. The standard InChI is InChI=1S/C33H43N3O6/c1-21(2)14-15-22(3)36(31(40)28(20-37)35-32(41)42-33(4,5)6)29(25-12-9-13-27(38)19-25)30(39)34-26-17-16-23-10-7-8-11-24(23)18-26/h7-13,16-19,21-22,28-29,37-38H,14-15,20H2,1-6H3,(H,34,39)(H,35,41). The Labute approximate surface area is 247 Å². The molecule has 0 saturated carbocycles. The molecule has 0 radical (unpaired) electrons. The first-order valence-electron chi connectivity index (χ1n) is 14.3. The van der Waals surface area contributed by atoms with Crippen LogP contribution in [0.5, 0.6) is 5.75 Å². The minimum atomic E-state index is -1.37. The second kappa shape index (κ2) is 14.2. The van der Waals surface area contributed by atoms with E-state index in [1.165, 1.54) is 17.0 Å². The zero-order chi connectivity index (χ0) is 31.0. The minimum Gasteiger partial charge on any atom is -0.508 e. The number of hydrogen-bond donors (Lipinski definition) is 4. The molecule has 42 heavy (non-hydrogen) atoms. The van der Waals surface area contributed by atoms with E-state index < -0.39 is 48.2 Å². The van der Waals surface area contributed by atoms with Crippen LogP contribution >= 0.6 is 0 Å². The summed E-state index contributed by atoms with van der Waals surface area (Å²) in [7, 11) is 0. The van der Waals surface area contributed by atoms with Crippen molar-refractivity contribution >= 4 is 34.4 Å². The molecule has 0 aliphatic heterocycles. The highest BCUT2D eigenvalue weighted by Crippen LogP contribution is 2.31. The summed E-state index contributed by atoms with van der Waals surface area (Å²) in [4.78, 5) is 42.2. The fourth-order valence-corrected chi connectivity index (χ4v) is 4.74. The predicted octanol–water partition coefficient (Wildman–Crippen LogP) is 5.76. The molecular weight excluding hydrogens is 534 g/mol. The van der Waals surface area contributed by atoms with Gasteiger partial charge in [0.25, 0.3) is 5.91 Å². The number of anilines is 1. The molecule has 0 heterocycles. The van der Waals surface area contributed by atoms with Gasteiger partial charge in [-0.25, -0.2) is 4.79 Å². The van der Waals surface area contributed by atoms with Gasteiger partial charge in [-0.1, -0.05) is 56.3 Å². The topological polar surface area (TPSA) is 128 Å². The highest BCUT2D eigenvalue weighted by Gasteiger charge is 2.39. The minimum absolute atomic E-state index is 0.0659. The van der Waals surface area contributed by atoms with E-state index in [4.69, 9.17) is 4.74 Å². The van der Waals surface area contributed by atoms with E-state index in [0.717, 1.165) is 17.2 Å². The van der Waals surface area contributed by atoms with Crippen molar-refractivity contribution < 1.29 is 29.3 Å². The summed E-state index contributed by atoms with van der Waals surface area (Å²) in [5.74, 6) is -0.886. The number of hydrogen-bond acceptors (Lipinski definition) is 6. The van der Waals surface area contributed by atoms with Crippen LogP contribution in [0.4, 0.5) is 10.5 Å². The zero-order valence-electron chi connectivity index (χ0n) is 25.3. The number of amides is 3. The maximum absolute atomic E-state index is 14.1. The Morgan fingerprint density at radius 1 is 0.905 bits per heavy atom. The first-order chi connectivity index (χ1) is 19.8. The molecule has 3 atom stereocenters. The average molecular weight is 578 g/mol. The third-order valence-electron chi connectivity index (χ3n) is 6.79. The smallest absolute Gasteiger partial charge is 0.408 e. The van der Waals surface area contributed by atoms with Crippen molar-refractivity contribution in [3.05, 3.63) is 72.3 Å². The van der Waals surface area contributed by atoms with Crippen molar-refractivity contribution in [2.24, 2.45) is 5.92 Å². The molecule has 3 amide bonds. The lowest BCUT2D eigenvalue weighted by molar-refractivity contribution is -0.144. The highest BCUT2D eigenvalue weighted by molar-refractivity contribution is 6.00. The molecule has 9 nitrogen and oxygen atoms in total. The van der Waals surface area contributed by atoms with Gasteiger partial charge in [0, 0.05) is 11.7 Å². The Hall–Kier alpha value is -4.11. The molecule has 0 aliphatic carbocycles. The summed E-state index contributed by atoms with van der Waals surface area (Å²) in [6.45, 7) is 10.3. The van der Waals surface area contributed by atoms with Gasteiger partial charge in [-0.05, 0) is 87.1 Å². The van der Waals surface area contributed by atoms with Crippen LogP contribution in [0.2, 0.25) is 0 Å². The van der Waals surface area contributed by atoms with Gasteiger partial charge in [0.2, 0.25) is 5.91 Å². The molecule has 0 fully saturated rings. The van der Waals surface area contributed by atoms with Gasteiger partial charge in [0.1, 0.15) is 23.4 Å². The Morgan fingerprint density at radius 3 is 2.21 bits per heavy atom. The number of aromatic hydroxyl groups is 1. The molecule has 3 rings (SSSR count). The maximum atomic E-state index is 14.1. The number of carbonyl (C=O) groups excluding carboxylic acids is 3. The SMILES string of the molecule is CC(C)CCC(C)N(C(=O)C(CO)NC(=O)OC(C)(C)C)C(C(=O)Nc1ccc2ccccc2c1)c1cccc(O)c1. The summed E-state index contributed by atoms with van der Waals surface area (Å²) in [5, 5.41) is 27.9. The quantitative estimate of drug-likeness (QED) is 0.229. The van der Waals surface area contributed by atoms with Crippen LogP contribution in [0.25, 0.3) is 10.8 Å². The van der Waals surface area contributed by atoms with Crippen LogP contribution in [0, 0.1) is 5.92 Å². The molecule has 0 aliphatic rings. The number of phenolic OH excluding ortho intramolecular Hbond substituents is 1. The number of nitrogens with one attached hydrogen (secondary N) is 2. The Bertz CT molecular complexity index is 1380. The summed E-state index contributed by atoms with van der Waals surface area (Å²) in [6, 6.07) is 16.5. The van der Waals surface area contributed by atoms with Gasteiger partial charge >= 0.3 is 6.09 Å². The van der Waals surface area contributed by atoms with E-state index in [2.05, 4.69) is 24.5 Å². The summed E-state index contributed by atoms with van der Waals surface area (Å²) < 4.78 is 5.32. The van der Waals surface area contributed by atoms with Crippen molar-refractivity contribution in [3.8, 4) is 5.75 Å². The van der Waals surface area contributed by atoms with E-state index >= 15 is 0 Å². The van der Waals surface area contributed by atoms with Crippen molar-refractivity contribution in [1.82, 2.24) is 10.2 Å². The van der Waals surface area contributed by atoms with E-state index in [9.17, 15) is 24.6 Å². The lowest BCUT2D eigenvalue weighted by atomic mass is 9.97. The van der Waals surface area contributed by atoms with Crippen molar-refractivity contribution in [1.29, 1.82) is 0 Å². The van der Waals surface area contributed by atoms with Crippen molar-refractivity contribution in [2.45, 2.75) is 78.1 Å². The number of aliphatic hydroxyl groups excluding tert-OH is 1. The van der Waals surface area contributed by atoms with E-state index in [-0.39, 0.29) is 5.75 Å². The third-order valence-corrected chi connectivity index (χ3v) is 6.79. The van der Waals surface area contributed by atoms with Gasteiger partial charge in [0.05, 0.1) is 6.61 Å². The fourth-order valence-electron chi connectivity index (χ4n) is 4.74. The third kappa shape index (κ3) is 8.94. The molecule has 3 aromatic carbocycles. The van der Waals surface area contributed by atoms with Crippen molar-refractivity contribution in [2.75, 3.05) is 11.9 Å². The van der Waals surface area contributed by atoms with E-state index in [1.54, 1.807) is 39.0 Å².